The maximum Gasteiger partial charge on any atom is 0.218 e. The van der Waals surface area contributed by atoms with E-state index in [4.69, 9.17) is 5.26 Å². The molecule has 2 aromatic rings. The lowest BCUT2D eigenvalue weighted by atomic mass is 9.95. The van der Waals surface area contributed by atoms with E-state index < -0.39 is 5.41 Å². The molecule has 0 bridgehead atoms. The van der Waals surface area contributed by atoms with Crippen molar-refractivity contribution < 1.29 is 9.59 Å². The first-order valence-electron chi connectivity index (χ1n) is 4.46. The smallest absolute Gasteiger partial charge is 0.218 e. The predicted octanol–water partition coefficient (Wildman–Crippen LogP) is 1.46. The molecule has 0 spiro atoms. The molecule has 0 N–H and O–H groups in total. The lowest BCUT2D eigenvalue weighted by molar-refractivity contribution is -0.119. The van der Waals surface area contributed by atoms with Crippen molar-refractivity contribution in [2.75, 3.05) is 0 Å². The molecule has 16 heavy (non-hydrogen) atoms. The highest BCUT2D eigenvalue weighted by Gasteiger charge is 2.35. The van der Waals surface area contributed by atoms with Crippen molar-refractivity contribution in [3.05, 3.63) is 29.3 Å². The topological polar surface area (TPSA) is 70.8 Å². The summed E-state index contributed by atoms with van der Waals surface area (Å²) in [5.74, 6) is 0. The fraction of sp³-hybridized carbons (Fsp3) is 0.0909. The monoisotopic (exact) mass is 230 g/mol. The van der Waals surface area contributed by atoms with Gasteiger partial charge in [0.25, 0.3) is 0 Å². The van der Waals surface area contributed by atoms with Crippen molar-refractivity contribution in [3.8, 4) is 6.07 Å². The number of fused-ring (bicyclic) bond motifs is 1. The zero-order valence-electron chi connectivity index (χ0n) is 8.08. The van der Waals surface area contributed by atoms with Crippen LogP contribution >= 0.6 is 11.3 Å². The standard InChI is InChI=1S/C11H6N2O2S/c12-5-11(6-14,7-15)10-13-8-3-1-2-4-9(8)16-10/h1-4,6-7H. The van der Waals surface area contributed by atoms with Crippen molar-refractivity contribution in [1.29, 1.82) is 5.26 Å². The molecule has 78 valence electrons. The number of para-hydroxylation sites is 1. The van der Waals surface area contributed by atoms with Gasteiger partial charge in [-0.15, -0.1) is 11.3 Å². The summed E-state index contributed by atoms with van der Waals surface area (Å²) in [6.45, 7) is 0. The number of benzene rings is 1. The Bertz CT molecular complexity index is 556. The summed E-state index contributed by atoms with van der Waals surface area (Å²) in [4.78, 5) is 25.9. The summed E-state index contributed by atoms with van der Waals surface area (Å²) in [5.41, 5.74) is -1.07. The van der Waals surface area contributed by atoms with E-state index in [1.165, 1.54) is 11.3 Å². The zero-order chi connectivity index (χ0) is 11.6. The Hall–Kier alpha value is -2.06. The molecule has 5 heteroatoms. The van der Waals surface area contributed by atoms with Gasteiger partial charge in [-0.2, -0.15) is 5.26 Å². The highest BCUT2D eigenvalue weighted by molar-refractivity contribution is 7.19. The normalized spacial score (nSPS) is 10.9. The number of aromatic nitrogens is 1. The molecule has 0 unspecified atom stereocenters. The summed E-state index contributed by atoms with van der Waals surface area (Å²) < 4.78 is 0.848. The maximum absolute atomic E-state index is 10.9. The first-order chi connectivity index (χ1) is 7.75. The Balaban J connectivity index is 2.67. The molecule has 0 saturated heterocycles. The largest absolute Gasteiger partial charge is 0.301 e. The molecule has 1 heterocycles. The molecule has 2 rings (SSSR count). The Morgan fingerprint density at radius 2 is 2.00 bits per heavy atom. The number of thiazole rings is 1. The average Bonchev–Trinajstić information content (AvgIpc) is 2.76. The van der Waals surface area contributed by atoms with Gasteiger partial charge in [-0.05, 0) is 12.1 Å². The van der Waals surface area contributed by atoms with E-state index in [2.05, 4.69) is 4.98 Å². The molecule has 0 atom stereocenters. The lowest BCUT2D eigenvalue weighted by Crippen LogP contribution is -2.27. The van der Waals surface area contributed by atoms with E-state index in [-0.39, 0.29) is 5.01 Å². The number of carbonyl (C=O) groups excluding carboxylic acids is 2. The average molecular weight is 230 g/mol. The van der Waals surface area contributed by atoms with Crippen LogP contribution in [0.15, 0.2) is 24.3 Å². The van der Waals surface area contributed by atoms with Crippen LogP contribution < -0.4 is 0 Å². The maximum atomic E-state index is 10.9. The van der Waals surface area contributed by atoms with Crippen LogP contribution in [0.2, 0.25) is 0 Å². The minimum Gasteiger partial charge on any atom is -0.301 e. The van der Waals surface area contributed by atoms with Crippen molar-refractivity contribution in [2.24, 2.45) is 0 Å². The van der Waals surface area contributed by atoms with E-state index in [9.17, 15) is 9.59 Å². The first kappa shape index (κ1) is 10.5. The second-order valence-corrected chi connectivity index (χ2v) is 4.23. The molecule has 1 aromatic carbocycles. The molecule has 0 fully saturated rings. The Morgan fingerprint density at radius 3 is 2.56 bits per heavy atom. The van der Waals surface area contributed by atoms with Gasteiger partial charge < -0.3 is 9.59 Å². The van der Waals surface area contributed by atoms with Gasteiger partial charge in [0.05, 0.1) is 16.3 Å². The van der Waals surface area contributed by atoms with E-state index in [0.717, 1.165) is 4.70 Å². The molecule has 0 aliphatic heterocycles. The number of carbonyl (C=O) groups is 2. The van der Waals surface area contributed by atoms with Gasteiger partial charge in [-0.1, -0.05) is 12.1 Å². The number of nitriles is 1. The van der Waals surface area contributed by atoms with Gasteiger partial charge in [0.2, 0.25) is 5.41 Å². The van der Waals surface area contributed by atoms with Crippen LogP contribution in [0.3, 0.4) is 0 Å². The molecule has 4 nitrogen and oxygen atoms in total. The minimum atomic E-state index is -1.76. The van der Waals surface area contributed by atoms with Gasteiger partial charge >= 0.3 is 0 Å². The number of aldehydes is 2. The molecular weight excluding hydrogens is 224 g/mol. The molecule has 0 saturated carbocycles. The summed E-state index contributed by atoms with van der Waals surface area (Å²) in [6, 6.07) is 8.94. The third-order valence-electron chi connectivity index (χ3n) is 2.20. The Morgan fingerprint density at radius 1 is 1.31 bits per heavy atom. The second kappa shape index (κ2) is 3.83. The van der Waals surface area contributed by atoms with Gasteiger partial charge in [0, 0.05) is 0 Å². The van der Waals surface area contributed by atoms with E-state index >= 15 is 0 Å². The zero-order valence-corrected chi connectivity index (χ0v) is 8.90. The molecule has 0 aliphatic carbocycles. The number of nitrogens with zero attached hydrogens (tertiary/aromatic N) is 2. The number of hydrogen-bond donors (Lipinski definition) is 0. The van der Waals surface area contributed by atoms with Crippen LogP contribution in [-0.4, -0.2) is 17.6 Å². The number of rotatable bonds is 3. The summed E-state index contributed by atoms with van der Waals surface area (Å²) in [5, 5.41) is 9.13. The minimum absolute atomic E-state index is 0.223. The van der Waals surface area contributed by atoms with Crippen molar-refractivity contribution in [3.63, 3.8) is 0 Å². The Kier molecular flexibility index (Phi) is 2.50. The van der Waals surface area contributed by atoms with Crippen molar-refractivity contribution in [2.45, 2.75) is 5.41 Å². The lowest BCUT2D eigenvalue weighted by Gasteiger charge is -2.06. The first-order valence-corrected chi connectivity index (χ1v) is 5.27. The summed E-state index contributed by atoms with van der Waals surface area (Å²) in [6.07, 6.45) is 0.662. The highest BCUT2D eigenvalue weighted by atomic mass is 32.1. The van der Waals surface area contributed by atoms with Crippen LogP contribution in [0.1, 0.15) is 5.01 Å². The number of hydrogen-bond acceptors (Lipinski definition) is 5. The highest BCUT2D eigenvalue weighted by Crippen LogP contribution is 2.29. The fourth-order valence-corrected chi connectivity index (χ4v) is 2.31. The van der Waals surface area contributed by atoms with Crippen LogP contribution in [0.5, 0.6) is 0 Å². The van der Waals surface area contributed by atoms with Crippen LogP contribution in [0.4, 0.5) is 0 Å². The summed E-state index contributed by atoms with van der Waals surface area (Å²) in [7, 11) is 0. The molecule has 1 aromatic heterocycles. The van der Waals surface area contributed by atoms with Crippen molar-refractivity contribution >= 4 is 34.1 Å². The van der Waals surface area contributed by atoms with E-state index in [0.29, 0.717) is 18.1 Å². The van der Waals surface area contributed by atoms with E-state index in [1.807, 2.05) is 18.2 Å². The quantitative estimate of drug-likeness (QED) is 0.591. The summed E-state index contributed by atoms with van der Waals surface area (Å²) >= 11 is 1.18. The SMILES string of the molecule is N#CC(C=O)(C=O)c1nc2ccccc2s1. The van der Waals surface area contributed by atoms with Gasteiger partial charge in [-0.25, -0.2) is 4.98 Å². The second-order valence-electron chi connectivity index (χ2n) is 3.20. The van der Waals surface area contributed by atoms with Gasteiger partial charge in [0.1, 0.15) is 5.01 Å². The third-order valence-corrected chi connectivity index (χ3v) is 3.39. The molecule has 0 aliphatic rings. The Labute approximate surface area is 95.1 Å². The van der Waals surface area contributed by atoms with Crippen LogP contribution in [-0.2, 0) is 15.0 Å². The van der Waals surface area contributed by atoms with E-state index in [1.54, 1.807) is 12.1 Å². The molecule has 0 radical (unpaired) electrons. The predicted molar refractivity (Wildman–Crippen MR) is 59.0 cm³/mol. The van der Waals surface area contributed by atoms with Crippen LogP contribution in [0, 0.1) is 11.3 Å². The van der Waals surface area contributed by atoms with Crippen LogP contribution in [0.25, 0.3) is 10.2 Å². The van der Waals surface area contributed by atoms with Crippen molar-refractivity contribution in [1.82, 2.24) is 4.98 Å². The fourth-order valence-electron chi connectivity index (χ4n) is 1.28. The third kappa shape index (κ3) is 1.40. The van der Waals surface area contributed by atoms with Gasteiger partial charge in [0.15, 0.2) is 12.6 Å². The molecular formula is C11H6N2O2S. The molecule has 0 amide bonds. The van der Waals surface area contributed by atoms with Gasteiger partial charge in [-0.3, -0.25) is 0 Å².